The van der Waals surface area contributed by atoms with E-state index in [4.69, 9.17) is 21.8 Å². The Kier molecular flexibility index (Phi) is 2.62. The van der Waals surface area contributed by atoms with E-state index in [1.54, 1.807) is 24.3 Å². The van der Waals surface area contributed by atoms with Gasteiger partial charge in [-0.25, -0.2) is 9.37 Å². The Morgan fingerprint density at radius 1 is 1.14 bits per heavy atom. The van der Waals surface area contributed by atoms with Crippen molar-refractivity contribution in [2.24, 2.45) is 5.73 Å². The Labute approximate surface area is 128 Å². The zero-order chi connectivity index (χ0) is 15.4. The van der Waals surface area contributed by atoms with Crippen LogP contribution in [0.15, 0.2) is 40.8 Å². The number of carbonyl (C=O) groups excluding carboxylic acids is 1. The van der Waals surface area contributed by atoms with Crippen molar-refractivity contribution in [3.05, 3.63) is 52.9 Å². The number of furan rings is 2. The standard InChI is InChI=1S/C16H8ClFN2O2/c17-7-1-2-8(10(18)5-7)9-6-11(16(19)21)20-15-13-4-3-12(22-13)14(9)15/h1-6H,(H2,19,21). The van der Waals surface area contributed by atoms with Crippen LogP contribution in [0.1, 0.15) is 10.5 Å². The molecule has 3 heterocycles. The molecule has 0 atom stereocenters. The molecule has 0 aliphatic carbocycles. The highest BCUT2D eigenvalue weighted by Gasteiger charge is 2.20. The minimum absolute atomic E-state index is 0.0563. The lowest BCUT2D eigenvalue weighted by Crippen LogP contribution is -2.13. The molecule has 0 saturated carbocycles. The maximum absolute atomic E-state index is 14.3. The van der Waals surface area contributed by atoms with Crippen molar-refractivity contribution in [2.45, 2.75) is 0 Å². The summed E-state index contributed by atoms with van der Waals surface area (Å²) >= 11 is 5.79. The van der Waals surface area contributed by atoms with Crippen LogP contribution in [0.25, 0.3) is 33.2 Å². The van der Waals surface area contributed by atoms with Crippen LogP contribution in [0.3, 0.4) is 0 Å². The van der Waals surface area contributed by atoms with Gasteiger partial charge in [-0.05, 0) is 36.4 Å². The number of nitrogens with two attached hydrogens (primary N) is 1. The van der Waals surface area contributed by atoms with Gasteiger partial charge in [0.2, 0.25) is 0 Å². The minimum atomic E-state index is -0.684. The lowest BCUT2D eigenvalue weighted by molar-refractivity contribution is 0.0996. The molecule has 0 aliphatic rings. The molecular weight excluding hydrogens is 307 g/mol. The van der Waals surface area contributed by atoms with Crippen molar-refractivity contribution in [3.63, 3.8) is 0 Å². The maximum atomic E-state index is 14.3. The van der Waals surface area contributed by atoms with E-state index in [0.717, 1.165) is 0 Å². The molecule has 0 aliphatic heterocycles. The average Bonchev–Trinajstić information content (AvgIpc) is 3.08. The summed E-state index contributed by atoms with van der Waals surface area (Å²) in [5, 5.41) is 0.950. The fourth-order valence-corrected chi connectivity index (χ4v) is 2.78. The molecule has 22 heavy (non-hydrogen) atoms. The van der Waals surface area contributed by atoms with Crippen molar-refractivity contribution in [3.8, 4) is 11.1 Å². The van der Waals surface area contributed by atoms with Crippen molar-refractivity contribution in [1.29, 1.82) is 0 Å². The van der Waals surface area contributed by atoms with Crippen LogP contribution in [-0.2, 0) is 0 Å². The molecule has 3 aromatic heterocycles. The van der Waals surface area contributed by atoms with E-state index in [9.17, 15) is 9.18 Å². The monoisotopic (exact) mass is 314 g/mol. The quantitative estimate of drug-likeness (QED) is 0.608. The first-order valence-corrected chi connectivity index (χ1v) is 6.83. The summed E-state index contributed by atoms with van der Waals surface area (Å²) in [6, 6.07) is 9.35. The van der Waals surface area contributed by atoms with Gasteiger partial charge in [0.1, 0.15) is 22.6 Å². The Morgan fingerprint density at radius 2 is 1.91 bits per heavy atom. The fraction of sp³-hybridized carbons (Fsp3) is 0. The predicted molar refractivity (Wildman–Crippen MR) is 81.6 cm³/mol. The first-order valence-electron chi connectivity index (χ1n) is 6.45. The number of primary amides is 1. The Morgan fingerprint density at radius 3 is 2.64 bits per heavy atom. The molecule has 4 nitrogen and oxygen atoms in total. The van der Waals surface area contributed by atoms with E-state index >= 15 is 0 Å². The number of fused-ring (bicyclic) bond motifs is 5. The summed E-state index contributed by atoms with van der Waals surface area (Å²) in [7, 11) is 0. The number of hydrogen-bond acceptors (Lipinski definition) is 3. The maximum Gasteiger partial charge on any atom is 0.267 e. The molecule has 1 aromatic carbocycles. The molecule has 1 amide bonds. The van der Waals surface area contributed by atoms with E-state index in [0.29, 0.717) is 38.2 Å². The number of carbonyl (C=O) groups is 1. The third-order valence-corrected chi connectivity index (χ3v) is 3.81. The molecule has 0 fully saturated rings. The van der Waals surface area contributed by atoms with Crippen molar-refractivity contribution in [2.75, 3.05) is 0 Å². The van der Waals surface area contributed by atoms with Gasteiger partial charge >= 0.3 is 0 Å². The van der Waals surface area contributed by atoms with Crippen LogP contribution in [0.2, 0.25) is 5.02 Å². The molecule has 2 N–H and O–H groups in total. The average molecular weight is 315 g/mol. The van der Waals surface area contributed by atoms with Crippen molar-refractivity contribution >= 4 is 39.6 Å². The largest absolute Gasteiger partial charge is 0.454 e. The van der Waals surface area contributed by atoms with E-state index < -0.39 is 11.7 Å². The van der Waals surface area contributed by atoms with Gasteiger partial charge in [0, 0.05) is 16.1 Å². The lowest BCUT2D eigenvalue weighted by atomic mass is 9.99. The molecule has 0 saturated heterocycles. The molecular formula is C16H8ClFN2O2. The van der Waals surface area contributed by atoms with Crippen molar-refractivity contribution in [1.82, 2.24) is 4.98 Å². The van der Waals surface area contributed by atoms with Gasteiger partial charge < -0.3 is 10.2 Å². The first kappa shape index (κ1) is 13.0. The topological polar surface area (TPSA) is 69.1 Å². The molecule has 0 unspecified atom stereocenters. The molecule has 2 bridgehead atoms. The van der Waals surface area contributed by atoms with Gasteiger partial charge in [0.05, 0.1) is 5.39 Å². The number of benzene rings is 2. The summed E-state index contributed by atoms with van der Waals surface area (Å²) in [6.45, 7) is 0. The van der Waals surface area contributed by atoms with Gasteiger partial charge in [0.25, 0.3) is 5.91 Å². The van der Waals surface area contributed by atoms with Gasteiger partial charge in [-0.1, -0.05) is 11.6 Å². The highest BCUT2D eigenvalue weighted by Crippen LogP contribution is 2.39. The summed E-state index contributed by atoms with van der Waals surface area (Å²) in [6.07, 6.45) is 0. The van der Waals surface area contributed by atoms with Crippen LogP contribution in [0.4, 0.5) is 4.39 Å². The lowest BCUT2D eigenvalue weighted by Gasteiger charge is -2.08. The number of halogens is 2. The van der Waals surface area contributed by atoms with E-state index in [1.165, 1.54) is 12.1 Å². The molecule has 4 rings (SSSR count). The Balaban J connectivity index is 2.13. The van der Waals surface area contributed by atoms with E-state index in [2.05, 4.69) is 4.98 Å². The second kappa shape index (κ2) is 4.42. The summed E-state index contributed by atoms with van der Waals surface area (Å²) < 4.78 is 19.8. The smallest absolute Gasteiger partial charge is 0.267 e. The van der Waals surface area contributed by atoms with Gasteiger partial charge in [-0.15, -0.1) is 0 Å². The second-order valence-electron chi connectivity index (χ2n) is 4.93. The fourth-order valence-electron chi connectivity index (χ4n) is 2.62. The molecule has 4 aromatic rings. The third kappa shape index (κ3) is 1.76. The normalized spacial score (nSPS) is 11.5. The zero-order valence-corrected chi connectivity index (χ0v) is 11.8. The number of amides is 1. The summed E-state index contributed by atoms with van der Waals surface area (Å²) in [5.41, 5.74) is 7.80. The number of pyridine rings is 1. The number of nitrogens with zero attached hydrogens (tertiary/aromatic N) is 1. The predicted octanol–water partition coefficient (Wildman–Crippen LogP) is 3.98. The van der Waals surface area contributed by atoms with Crippen LogP contribution in [-0.4, -0.2) is 10.9 Å². The van der Waals surface area contributed by atoms with Gasteiger partial charge in [-0.3, -0.25) is 4.79 Å². The van der Waals surface area contributed by atoms with Gasteiger partial charge in [-0.2, -0.15) is 0 Å². The van der Waals surface area contributed by atoms with E-state index in [1.807, 2.05) is 0 Å². The van der Waals surface area contributed by atoms with Crippen LogP contribution < -0.4 is 5.73 Å². The third-order valence-electron chi connectivity index (χ3n) is 3.58. The number of aromatic nitrogens is 1. The van der Waals surface area contributed by atoms with Crippen molar-refractivity contribution < 1.29 is 13.6 Å². The molecule has 0 radical (unpaired) electrons. The summed E-state index contributed by atoms with van der Waals surface area (Å²) in [4.78, 5) is 15.7. The highest BCUT2D eigenvalue weighted by atomic mass is 35.5. The molecule has 0 spiro atoms. The zero-order valence-electron chi connectivity index (χ0n) is 11.1. The summed E-state index contributed by atoms with van der Waals surface area (Å²) in [5.74, 6) is -1.18. The Hall–Kier alpha value is -2.66. The second-order valence-corrected chi connectivity index (χ2v) is 5.37. The SMILES string of the molecule is NC(=O)c1cc(-c2ccc(Cl)cc2F)c2c3ccc(o3)c2n1. The Bertz CT molecular complexity index is 1040. The van der Waals surface area contributed by atoms with Gasteiger partial charge in [0.15, 0.2) is 5.58 Å². The minimum Gasteiger partial charge on any atom is -0.454 e. The van der Waals surface area contributed by atoms with E-state index in [-0.39, 0.29) is 5.69 Å². The molecule has 108 valence electrons. The number of rotatable bonds is 2. The molecule has 6 heteroatoms. The van der Waals surface area contributed by atoms with Crippen LogP contribution in [0.5, 0.6) is 0 Å². The first-order chi connectivity index (χ1) is 10.5. The highest BCUT2D eigenvalue weighted by molar-refractivity contribution is 6.30. The van der Waals surface area contributed by atoms with Crippen LogP contribution >= 0.6 is 11.6 Å². The number of hydrogen-bond donors (Lipinski definition) is 1. The van der Waals surface area contributed by atoms with Crippen LogP contribution in [0, 0.1) is 5.82 Å².